The van der Waals surface area contributed by atoms with Gasteiger partial charge in [-0.15, -0.1) is 18.3 Å². The van der Waals surface area contributed by atoms with E-state index in [-0.39, 0.29) is 11.6 Å². The molecule has 1 aliphatic rings. The Bertz CT molecular complexity index is 1430. The molecule has 1 fully saturated rings. The van der Waals surface area contributed by atoms with E-state index in [4.69, 9.17) is 15.2 Å². The molecule has 0 atom stereocenters. The van der Waals surface area contributed by atoms with Crippen molar-refractivity contribution in [1.29, 1.82) is 0 Å². The van der Waals surface area contributed by atoms with Crippen molar-refractivity contribution in [2.45, 2.75) is 20.2 Å². The summed E-state index contributed by atoms with van der Waals surface area (Å²) in [7, 11) is 0. The largest absolute Gasteiger partial charge is 0.573 e. The first kappa shape index (κ1) is 30.4. The van der Waals surface area contributed by atoms with Crippen molar-refractivity contribution in [2.24, 2.45) is 25.9 Å². The van der Waals surface area contributed by atoms with Crippen LogP contribution in [0.25, 0.3) is 0 Å². The Hall–Kier alpha value is -4.52. The van der Waals surface area contributed by atoms with Gasteiger partial charge in [0.05, 0.1) is 25.1 Å². The zero-order chi connectivity index (χ0) is 30.0. The van der Waals surface area contributed by atoms with Gasteiger partial charge in [0.2, 0.25) is 0 Å². The standard InChI is InChI=1S/C29H29F3N6O3S/c1-3-39-24-6-5-7-25(40-4-2)26(24)38-16-17-42-28(38)37-36-18-20-8-10-21(11-9-20)27(33)35-19-34-22-12-14-23(15-13-22)41-29(30,31)32/h5-15,18-19H,3-4,16-17H2,1-2H3,(H2,33,34,35)/b36-18-,37-28+. The highest BCUT2D eigenvalue weighted by molar-refractivity contribution is 8.14. The molecule has 3 aromatic carbocycles. The molecular weight excluding hydrogens is 569 g/mol. The predicted octanol–water partition coefficient (Wildman–Crippen LogP) is 6.39. The zero-order valence-electron chi connectivity index (χ0n) is 22.9. The number of halogens is 3. The van der Waals surface area contributed by atoms with Gasteiger partial charge < -0.3 is 24.8 Å². The molecule has 0 radical (unpaired) electrons. The zero-order valence-corrected chi connectivity index (χ0v) is 23.7. The average Bonchev–Trinajstić information content (AvgIpc) is 3.42. The van der Waals surface area contributed by atoms with Gasteiger partial charge in [-0.3, -0.25) is 0 Å². The second-order valence-electron chi connectivity index (χ2n) is 8.52. The summed E-state index contributed by atoms with van der Waals surface area (Å²) in [5, 5.41) is 9.51. The molecule has 0 spiro atoms. The van der Waals surface area contributed by atoms with E-state index in [0.717, 1.165) is 40.2 Å². The summed E-state index contributed by atoms with van der Waals surface area (Å²) in [5.74, 6) is 2.21. The van der Waals surface area contributed by atoms with E-state index in [2.05, 4.69) is 29.8 Å². The maximum absolute atomic E-state index is 12.3. The predicted molar refractivity (Wildman–Crippen MR) is 162 cm³/mol. The number of hydrogen-bond acceptors (Lipinski definition) is 7. The molecule has 0 aliphatic carbocycles. The fraction of sp³-hybridized carbons (Fsp3) is 0.241. The molecular formula is C29H29F3N6O3S. The molecule has 4 rings (SSSR count). The van der Waals surface area contributed by atoms with Crippen LogP contribution in [0.2, 0.25) is 0 Å². The summed E-state index contributed by atoms with van der Waals surface area (Å²) in [5.41, 5.74) is 8.76. The van der Waals surface area contributed by atoms with Crippen molar-refractivity contribution in [1.82, 2.24) is 0 Å². The van der Waals surface area contributed by atoms with Gasteiger partial charge in [0, 0.05) is 17.9 Å². The van der Waals surface area contributed by atoms with Crippen LogP contribution in [0.3, 0.4) is 0 Å². The van der Waals surface area contributed by atoms with Crippen LogP contribution in [0.5, 0.6) is 17.2 Å². The van der Waals surface area contributed by atoms with E-state index in [9.17, 15) is 13.2 Å². The van der Waals surface area contributed by atoms with Crippen LogP contribution in [-0.4, -0.2) is 55.4 Å². The third kappa shape index (κ3) is 8.49. The Kier molecular flexibility index (Phi) is 10.4. The topological polar surface area (TPSA) is 106 Å². The number of aliphatic imine (C=N–C) groups is 2. The highest BCUT2D eigenvalue weighted by Crippen LogP contribution is 2.41. The van der Waals surface area contributed by atoms with Gasteiger partial charge in [-0.1, -0.05) is 42.1 Å². The fourth-order valence-corrected chi connectivity index (χ4v) is 4.75. The number of para-hydroxylation sites is 1. The average molecular weight is 599 g/mol. The van der Waals surface area contributed by atoms with Gasteiger partial charge in [-0.25, -0.2) is 9.98 Å². The van der Waals surface area contributed by atoms with Gasteiger partial charge in [-0.2, -0.15) is 5.10 Å². The number of benzene rings is 3. The number of nitrogens with zero attached hydrogens (tertiary/aromatic N) is 5. The van der Waals surface area contributed by atoms with Crippen LogP contribution in [0.15, 0.2) is 86.9 Å². The molecule has 0 bridgehead atoms. The summed E-state index contributed by atoms with van der Waals surface area (Å²) >= 11 is 1.60. The van der Waals surface area contributed by atoms with Crippen molar-refractivity contribution in [3.8, 4) is 17.2 Å². The van der Waals surface area contributed by atoms with E-state index in [0.29, 0.717) is 24.5 Å². The molecule has 42 heavy (non-hydrogen) atoms. The van der Waals surface area contributed by atoms with Crippen LogP contribution >= 0.6 is 11.8 Å². The number of alkyl halides is 3. The van der Waals surface area contributed by atoms with Gasteiger partial charge in [-0.05, 0) is 55.8 Å². The van der Waals surface area contributed by atoms with E-state index >= 15 is 0 Å². The molecule has 0 amide bonds. The van der Waals surface area contributed by atoms with Gasteiger partial charge in [0.1, 0.15) is 35.1 Å². The van der Waals surface area contributed by atoms with Crippen molar-refractivity contribution in [2.75, 3.05) is 30.4 Å². The second-order valence-corrected chi connectivity index (χ2v) is 9.58. The highest BCUT2D eigenvalue weighted by atomic mass is 32.2. The Balaban J connectivity index is 1.40. The molecule has 3 aromatic rings. The molecule has 0 unspecified atom stereocenters. The lowest BCUT2D eigenvalue weighted by Gasteiger charge is -2.23. The molecule has 0 aromatic heterocycles. The summed E-state index contributed by atoms with van der Waals surface area (Å²) in [4.78, 5) is 10.2. The smallest absolute Gasteiger partial charge is 0.492 e. The van der Waals surface area contributed by atoms with Gasteiger partial charge in [0.25, 0.3) is 0 Å². The third-order valence-electron chi connectivity index (χ3n) is 5.64. The monoisotopic (exact) mass is 598 g/mol. The summed E-state index contributed by atoms with van der Waals surface area (Å²) in [6, 6.07) is 18.1. The normalized spacial score (nSPS) is 15.2. The Morgan fingerprint density at radius 3 is 2.26 bits per heavy atom. The lowest BCUT2D eigenvalue weighted by molar-refractivity contribution is -0.274. The van der Waals surface area contributed by atoms with E-state index in [1.165, 1.54) is 30.6 Å². The third-order valence-corrected chi connectivity index (χ3v) is 6.59. The Morgan fingerprint density at radius 1 is 0.976 bits per heavy atom. The Morgan fingerprint density at radius 2 is 1.64 bits per heavy atom. The molecule has 1 saturated heterocycles. The minimum absolute atomic E-state index is 0.218. The van der Waals surface area contributed by atoms with Crippen LogP contribution < -0.4 is 24.8 Å². The van der Waals surface area contributed by atoms with Crippen LogP contribution in [0.1, 0.15) is 25.0 Å². The van der Waals surface area contributed by atoms with E-state index in [1.807, 2.05) is 44.2 Å². The molecule has 2 N–H and O–H groups in total. The maximum Gasteiger partial charge on any atom is 0.573 e. The number of rotatable bonds is 11. The van der Waals surface area contributed by atoms with Crippen LogP contribution in [0, 0.1) is 0 Å². The first-order valence-corrected chi connectivity index (χ1v) is 14.0. The maximum atomic E-state index is 12.3. The minimum Gasteiger partial charge on any atom is -0.492 e. The quantitative estimate of drug-likeness (QED) is 0.156. The van der Waals surface area contributed by atoms with Crippen LogP contribution in [0.4, 0.5) is 24.5 Å². The summed E-state index contributed by atoms with van der Waals surface area (Å²) < 4.78 is 52.4. The van der Waals surface area contributed by atoms with Crippen LogP contribution in [-0.2, 0) is 0 Å². The second kappa shape index (κ2) is 14.4. The first-order valence-electron chi connectivity index (χ1n) is 13.0. The summed E-state index contributed by atoms with van der Waals surface area (Å²) in [6.45, 7) is 5.69. The van der Waals surface area contributed by atoms with Gasteiger partial charge in [0.15, 0.2) is 5.17 Å². The van der Waals surface area contributed by atoms with E-state index < -0.39 is 6.36 Å². The molecule has 13 heteroatoms. The molecule has 1 aliphatic heterocycles. The Labute approximate surface area is 245 Å². The molecule has 9 nitrogen and oxygen atoms in total. The molecule has 1 heterocycles. The highest BCUT2D eigenvalue weighted by Gasteiger charge is 2.31. The van der Waals surface area contributed by atoms with Crippen molar-refractivity contribution in [3.05, 3.63) is 77.9 Å². The number of amidine groups is 2. The van der Waals surface area contributed by atoms with Crippen molar-refractivity contribution < 1.29 is 27.4 Å². The van der Waals surface area contributed by atoms with Gasteiger partial charge >= 0.3 is 6.36 Å². The lowest BCUT2D eigenvalue weighted by atomic mass is 10.1. The number of anilines is 1. The number of nitrogens with two attached hydrogens (primary N) is 1. The lowest BCUT2D eigenvalue weighted by Crippen LogP contribution is -2.25. The first-order chi connectivity index (χ1) is 20.3. The minimum atomic E-state index is -4.75. The number of thioether (sulfide) groups is 1. The fourth-order valence-electron chi connectivity index (χ4n) is 3.86. The SMILES string of the molecule is CCOc1cccc(OCC)c1N1CCS/C1=N/N=C\c1ccc(C(N)=NC=Nc2ccc(OC(F)(F)F)cc2)cc1. The molecule has 0 saturated carbocycles. The molecule has 220 valence electrons. The van der Waals surface area contributed by atoms with E-state index in [1.54, 1.807) is 30.1 Å². The number of ether oxygens (including phenoxy) is 3. The summed E-state index contributed by atoms with van der Waals surface area (Å²) in [6.07, 6.45) is -1.88. The van der Waals surface area contributed by atoms with Crippen molar-refractivity contribution >= 4 is 46.7 Å². The number of hydrogen-bond donors (Lipinski definition) is 1. The van der Waals surface area contributed by atoms with Crippen molar-refractivity contribution in [3.63, 3.8) is 0 Å².